The van der Waals surface area contributed by atoms with Crippen LogP contribution in [0.4, 0.5) is 0 Å². The summed E-state index contributed by atoms with van der Waals surface area (Å²) in [5.74, 6) is 0.450. The molecule has 0 unspecified atom stereocenters. The van der Waals surface area contributed by atoms with Crippen molar-refractivity contribution >= 4 is 12.1 Å². The van der Waals surface area contributed by atoms with Gasteiger partial charge in [0, 0.05) is 55.1 Å². The Labute approximate surface area is 177 Å². The van der Waals surface area contributed by atoms with Gasteiger partial charge in [-0.3, -0.25) is 24.4 Å². The molecule has 10 nitrogen and oxygen atoms in total. The van der Waals surface area contributed by atoms with Crippen LogP contribution in [-0.2, 0) is 11.3 Å². The summed E-state index contributed by atoms with van der Waals surface area (Å²) in [5.41, 5.74) is 3.11. The van der Waals surface area contributed by atoms with Crippen LogP contribution in [0.3, 0.4) is 0 Å². The van der Waals surface area contributed by atoms with E-state index in [-0.39, 0.29) is 42.1 Å². The van der Waals surface area contributed by atoms with Gasteiger partial charge in [-0.2, -0.15) is 0 Å². The van der Waals surface area contributed by atoms with E-state index in [4.69, 9.17) is 9.90 Å². The molecule has 0 saturated carbocycles. The van der Waals surface area contributed by atoms with E-state index >= 15 is 0 Å². The van der Waals surface area contributed by atoms with Gasteiger partial charge in [0.15, 0.2) is 5.65 Å². The molecule has 0 amide bonds. The zero-order valence-electron chi connectivity index (χ0n) is 17.1. The molecule has 0 aromatic carbocycles. The standard InChI is InChI=1S/C20H23N5O3.CH2O2/c1-12-5-18-21-15(7-20(28)25(18)22-12)10-23-8-13-6-14(9-23)17(11-26)24-16(13)3-2-4-19(24)27;2-1-3/h2-5,7,13-14,17,22,26H,6,8-11H2,1H3;1H,(H,2,3)/t13-,14+,17+;/m1./s1. The van der Waals surface area contributed by atoms with Crippen LogP contribution in [0.1, 0.15) is 35.5 Å². The smallest absolute Gasteiger partial charge is 0.290 e. The Balaban J connectivity index is 0.000000730. The lowest BCUT2D eigenvalue weighted by atomic mass is 9.78. The summed E-state index contributed by atoms with van der Waals surface area (Å²) in [7, 11) is 0. The van der Waals surface area contributed by atoms with E-state index in [2.05, 4.69) is 15.0 Å². The Hall–Kier alpha value is -3.24. The SMILES string of the molecule is Cc1cc2nc(CN3C[C@H]4C[C@@H](C3)[C@H](CO)n3c4cccc3=O)cc(=O)n2[nH]1.O=CO. The van der Waals surface area contributed by atoms with E-state index in [1.54, 1.807) is 22.8 Å². The minimum absolute atomic E-state index is 0.0392. The number of nitrogens with one attached hydrogen (secondary N) is 1. The van der Waals surface area contributed by atoms with Crippen molar-refractivity contribution < 1.29 is 15.0 Å². The number of fused-ring (bicyclic) bond motifs is 5. The number of aliphatic hydroxyl groups excluding tert-OH is 1. The third kappa shape index (κ3) is 3.91. The summed E-state index contributed by atoms with van der Waals surface area (Å²) >= 11 is 0. The molecule has 10 heteroatoms. The van der Waals surface area contributed by atoms with Crippen molar-refractivity contribution in [1.82, 2.24) is 24.1 Å². The fourth-order valence-electron chi connectivity index (χ4n) is 4.97. The Morgan fingerprint density at radius 3 is 2.74 bits per heavy atom. The highest BCUT2D eigenvalue weighted by Crippen LogP contribution is 2.41. The average Bonchev–Trinajstić information content (AvgIpc) is 3.10. The lowest BCUT2D eigenvalue weighted by Gasteiger charge is -2.46. The Morgan fingerprint density at radius 2 is 2.00 bits per heavy atom. The van der Waals surface area contributed by atoms with Crippen molar-refractivity contribution in [3.63, 3.8) is 0 Å². The third-order valence-corrected chi connectivity index (χ3v) is 6.08. The topological polar surface area (TPSA) is 133 Å². The lowest BCUT2D eigenvalue weighted by molar-refractivity contribution is -0.122. The van der Waals surface area contributed by atoms with Crippen LogP contribution >= 0.6 is 0 Å². The largest absolute Gasteiger partial charge is 0.483 e. The highest BCUT2D eigenvalue weighted by molar-refractivity contribution is 5.39. The lowest BCUT2D eigenvalue weighted by Crippen LogP contribution is -2.50. The maximum Gasteiger partial charge on any atom is 0.290 e. The maximum atomic E-state index is 12.4. The van der Waals surface area contributed by atoms with Gasteiger partial charge in [-0.05, 0) is 25.3 Å². The third-order valence-electron chi connectivity index (χ3n) is 6.08. The van der Waals surface area contributed by atoms with Crippen LogP contribution in [0.5, 0.6) is 0 Å². The monoisotopic (exact) mass is 427 g/mol. The van der Waals surface area contributed by atoms with Gasteiger partial charge in [0.2, 0.25) is 0 Å². The number of nitrogens with zero attached hydrogens (tertiary/aromatic N) is 4. The van der Waals surface area contributed by atoms with Gasteiger partial charge in [0.25, 0.3) is 17.6 Å². The summed E-state index contributed by atoms with van der Waals surface area (Å²) in [6.45, 7) is 3.77. The normalized spacial score (nSPS) is 22.5. The first-order chi connectivity index (χ1) is 14.9. The van der Waals surface area contributed by atoms with Gasteiger partial charge in [-0.1, -0.05) is 6.07 Å². The first-order valence-electron chi connectivity index (χ1n) is 10.2. The number of carbonyl (C=O) groups is 1. The minimum Gasteiger partial charge on any atom is -0.483 e. The fraction of sp³-hybridized carbons (Fsp3) is 0.429. The average molecular weight is 427 g/mol. The Morgan fingerprint density at radius 1 is 1.23 bits per heavy atom. The van der Waals surface area contributed by atoms with E-state index in [1.165, 1.54) is 4.52 Å². The number of likely N-dealkylation sites (tertiary alicyclic amines) is 1. The van der Waals surface area contributed by atoms with Crippen molar-refractivity contribution in [2.45, 2.75) is 31.8 Å². The number of aliphatic hydroxyl groups is 1. The molecule has 3 aromatic rings. The van der Waals surface area contributed by atoms with Crippen LogP contribution in [0.15, 0.2) is 39.9 Å². The first kappa shape index (κ1) is 21.0. The molecule has 3 atom stereocenters. The van der Waals surface area contributed by atoms with Crippen LogP contribution in [0.25, 0.3) is 5.65 Å². The summed E-state index contributed by atoms with van der Waals surface area (Å²) in [6.07, 6.45) is 0.970. The molecule has 0 radical (unpaired) electrons. The molecule has 31 heavy (non-hydrogen) atoms. The molecule has 0 aliphatic carbocycles. The molecule has 1 saturated heterocycles. The molecule has 2 aliphatic heterocycles. The van der Waals surface area contributed by atoms with Gasteiger partial charge in [-0.25, -0.2) is 9.50 Å². The van der Waals surface area contributed by atoms with Gasteiger partial charge in [0.05, 0.1) is 18.3 Å². The number of rotatable bonds is 3. The molecule has 5 rings (SSSR count). The minimum atomic E-state index is -0.250. The fourth-order valence-corrected chi connectivity index (χ4v) is 4.97. The van der Waals surface area contributed by atoms with Crippen LogP contribution in [-0.4, -0.2) is 60.4 Å². The molecule has 1 fully saturated rings. The molecule has 5 heterocycles. The van der Waals surface area contributed by atoms with Crippen LogP contribution in [0, 0.1) is 12.8 Å². The van der Waals surface area contributed by atoms with E-state index in [0.29, 0.717) is 12.2 Å². The zero-order valence-corrected chi connectivity index (χ0v) is 17.1. The second-order valence-electron chi connectivity index (χ2n) is 8.12. The second kappa shape index (κ2) is 8.48. The van der Waals surface area contributed by atoms with Crippen LogP contribution in [0.2, 0.25) is 0 Å². The molecule has 3 aromatic heterocycles. The molecule has 164 valence electrons. The first-order valence-corrected chi connectivity index (χ1v) is 10.2. The Bertz CT molecular complexity index is 1210. The van der Waals surface area contributed by atoms with E-state index in [1.807, 2.05) is 19.1 Å². The van der Waals surface area contributed by atoms with Crippen molar-refractivity contribution in [3.8, 4) is 0 Å². The molecular formula is C21H25N5O5. The van der Waals surface area contributed by atoms with Crippen molar-refractivity contribution in [2.75, 3.05) is 19.7 Å². The highest BCUT2D eigenvalue weighted by Gasteiger charge is 2.40. The van der Waals surface area contributed by atoms with Crippen molar-refractivity contribution in [2.24, 2.45) is 5.92 Å². The number of H-pyrrole nitrogens is 1. The van der Waals surface area contributed by atoms with Crippen LogP contribution < -0.4 is 11.1 Å². The van der Waals surface area contributed by atoms with E-state index < -0.39 is 0 Å². The molecule has 2 bridgehead atoms. The van der Waals surface area contributed by atoms with E-state index in [0.717, 1.165) is 36.6 Å². The number of piperidine rings is 1. The molecule has 3 N–H and O–H groups in total. The Kier molecular flexibility index (Phi) is 5.75. The van der Waals surface area contributed by atoms with Crippen molar-refractivity contribution in [1.29, 1.82) is 0 Å². The summed E-state index contributed by atoms with van der Waals surface area (Å²) in [4.78, 5) is 40.0. The zero-order chi connectivity index (χ0) is 22.1. The van der Waals surface area contributed by atoms with Gasteiger partial charge in [0.1, 0.15) is 0 Å². The van der Waals surface area contributed by atoms with Gasteiger partial charge >= 0.3 is 0 Å². The van der Waals surface area contributed by atoms with E-state index in [9.17, 15) is 14.7 Å². The van der Waals surface area contributed by atoms with Gasteiger partial charge in [-0.15, -0.1) is 0 Å². The maximum absolute atomic E-state index is 12.4. The van der Waals surface area contributed by atoms with Crippen molar-refractivity contribution in [3.05, 3.63) is 68.1 Å². The molecule has 0 spiro atoms. The number of hydrogen-bond acceptors (Lipinski definition) is 6. The number of aromatic nitrogens is 4. The summed E-state index contributed by atoms with van der Waals surface area (Å²) in [6, 6.07) is 8.60. The number of hydrogen-bond donors (Lipinski definition) is 3. The quantitative estimate of drug-likeness (QED) is 0.514. The molecule has 2 aliphatic rings. The number of pyridine rings is 1. The predicted octanol–water partition coefficient (Wildman–Crippen LogP) is 0.346. The van der Waals surface area contributed by atoms with Gasteiger partial charge < -0.3 is 14.8 Å². The summed E-state index contributed by atoms with van der Waals surface area (Å²) in [5, 5.41) is 19.8. The number of aromatic amines is 1. The summed E-state index contributed by atoms with van der Waals surface area (Å²) < 4.78 is 3.24. The highest BCUT2D eigenvalue weighted by atomic mass is 16.3. The second-order valence-corrected chi connectivity index (χ2v) is 8.12. The number of aryl methyl sites for hydroxylation is 1. The molecular weight excluding hydrogens is 402 g/mol. The number of carboxylic acid groups (broad SMARTS) is 1. The predicted molar refractivity (Wildman–Crippen MR) is 112 cm³/mol.